The summed E-state index contributed by atoms with van der Waals surface area (Å²) < 4.78 is 2.45. The molecule has 0 bridgehead atoms. The van der Waals surface area contributed by atoms with Gasteiger partial charge in [-0.1, -0.05) is 39.4 Å². The Balaban J connectivity index is 1.89. The zero-order valence-corrected chi connectivity index (χ0v) is 12.5. The van der Waals surface area contributed by atoms with Crippen LogP contribution in [-0.4, -0.2) is 14.3 Å². The second-order valence-electron chi connectivity index (χ2n) is 4.08. The lowest BCUT2D eigenvalue weighted by Gasteiger charge is -2.04. The van der Waals surface area contributed by atoms with Gasteiger partial charge < -0.3 is 15.4 Å². The van der Waals surface area contributed by atoms with Crippen molar-refractivity contribution >= 4 is 43.9 Å². The lowest BCUT2D eigenvalue weighted by molar-refractivity contribution is -0.389. The normalized spacial score (nSPS) is 10.8. The van der Waals surface area contributed by atoms with Crippen LogP contribution in [0.15, 0.2) is 40.3 Å². The first-order chi connectivity index (χ1) is 9.65. The molecule has 3 rings (SSSR count). The maximum atomic E-state index is 11.2. The number of thiazole rings is 1. The number of hydrogen-bond acceptors (Lipinski definition) is 5. The highest BCUT2D eigenvalue weighted by molar-refractivity contribution is 9.10. The Morgan fingerprint density at radius 2 is 2.35 bits per heavy atom. The second-order valence-corrected chi connectivity index (χ2v) is 5.87. The third-order valence-electron chi connectivity index (χ3n) is 2.76. The van der Waals surface area contributed by atoms with Crippen LogP contribution in [-0.2, 0) is 6.54 Å². The van der Waals surface area contributed by atoms with Gasteiger partial charge in [-0.25, -0.2) is 0 Å². The van der Waals surface area contributed by atoms with Crippen molar-refractivity contribution in [1.82, 2.24) is 9.38 Å². The van der Waals surface area contributed by atoms with E-state index in [1.54, 1.807) is 11.6 Å². The highest BCUT2D eigenvalue weighted by Gasteiger charge is 2.23. The Bertz CT molecular complexity index is 783. The predicted octanol–water partition coefficient (Wildman–Crippen LogP) is 3.68. The maximum absolute atomic E-state index is 11.2. The van der Waals surface area contributed by atoms with E-state index in [4.69, 9.17) is 0 Å². The third kappa shape index (κ3) is 2.39. The largest absolute Gasteiger partial charge is 0.372 e. The van der Waals surface area contributed by atoms with E-state index in [9.17, 15) is 10.1 Å². The summed E-state index contributed by atoms with van der Waals surface area (Å²) in [5, 5.41) is 16.0. The average Bonchev–Trinajstić information content (AvgIpc) is 2.95. The van der Waals surface area contributed by atoms with E-state index in [-0.39, 0.29) is 5.82 Å². The Kier molecular flexibility index (Phi) is 3.41. The molecule has 0 spiro atoms. The summed E-state index contributed by atoms with van der Waals surface area (Å²) in [4.78, 5) is 15.6. The van der Waals surface area contributed by atoms with Crippen LogP contribution in [0.1, 0.15) is 5.56 Å². The number of rotatable bonds is 4. The lowest BCUT2D eigenvalue weighted by Crippen LogP contribution is -2.03. The molecule has 0 unspecified atom stereocenters. The highest BCUT2D eigenvalue weighted by Crippen LogP contribution is 2.28. The molecule has 0 aliphatic carbocycles. The third-order valence-corrected chi connectivity index (χ3v) is 4.01. The van der Waals surface area contributed by atoms with Crippen LogP contribution in [0.4, 0.5) is 11.6 Å². The van der Waals surface area contributed by atoms with E-state index in [1.165, 1.54) is 15.7 Å². The van der Waals surface area contributed by atoms with Gasteiger partial charge in [0.2, 0.25) is 5.82 Å². The van der Waals surface area contributed by atoms with Crippen LogP contribution < -0.4 is 5.32 Å². The predicted molar refractivity (Wildman–Crippen MR) is 81.2 cm³/mol. The van der Waals surface area contributed by atoms with E-state index in [2.05, 4.69) is 26.2 Å². The van der Waals surface area contributed by atoms with Crippen molar-refractivity contribution < 1.29 is 4.92 Å². The Labute approximate surface area is 126 Å². The molecule has 0 radical (unpaired) electrons. The Morgan fingerprint density at radius 1 is 1.50 bits per heavy atom. The molecule has 20 heavy (non-hydrogen) atoms. The summed E-state index contributed by atoms with van der Waals surface area (Å²) in [5.74, 6) is 0.262. The molecule has 0 amide bonds. The number of anilines is 1. The van der Waals surface area contributed by atoms with Gasteiger partial charge in [0, 0.05) is 16.4 Å². The zero-order chi connectivity index (χ0) is 14.1. The van der Waals surface area contributed by atoms with Crippen molar-refractivity contribution in [2.75, 3.05) is 5.32 Å². The van der Waals surface area contributed by atoms with Crippen molar-refractivity contribution in [3.63, 3.8) is 0 Å². The second kappa shape index (κ2) is 5.22. The standard InChI is InChI=1S/C12H9BrN4O2S/c13-9-3-1-2-8(6-9)7-14-10-11(17(18)19)16-4-5-20-12(16)15-10/h1-6,14H,7H2. The first kappa shape index (κ1) is 13.1. The van der Waals surface area contributed by atoms with E-state index >= 15 is 0 Å². The number of nitrogens with one attached hydrogen (secondary N) is 1. The highest BCUT2D eigenvalue weighted by atomic mass is 79.9. The number of fused-ring (bicyclic) bond motifs is 1. The first-order valence-electron chi connectivity index (χ1n) is 5.73. The van der Waals surface area contributed by atoms with Crippen LogP contribution in [0.5, 0.6) is 0 Å². The molecule has 1 aromatic carbocycles. The summed E-state index contributed by atoms with van der Waals surface area (Å²) in [6, 6.07) is 7.75. The Morgan fingerprint density at radius 3 is 3.10 bits per heavy atom. The van der Waals surface area contributed by atoms with Crippen LogP contribution in [0.2, 0.25) is 0 Å². The van der Waals surface area contributed by atoms with E-state index < -0.39 is 4.92 Å². The van der Waals surface area contributed by atoms with Gasteiger partial charge in [-0.15, -0.1) is 0 Å². The monoisotopic (exact) mass is 352 g/mol. The van der Waals surface area contributed by atoms with Crippen LogP contribution in [0.3, 0.4) is 0 Å². The molecule has 0 atom stereocenters. The van der Waals surface area contributed by atoms with Gasteiger partial charge in [0.25, 0.3) is 4.96 Å². The first-order valence-corrected chi connectivity index (χ1v) is 7.40. The number of hydrogen-bond donors (Lipinski definition) is 1. The maximum Gasteiger partial charge on any atom is 0.372 e. The molecular formula is C12H9BrN4O2S. The molecule has 6 nitrogen and oxygen atoms in total. The van der Waals surface area contributed by atoms with Crippen LogP contribution in [0, 0.1) is 10.1 Å². The van der Waals surface area contributed by atoms with E-state index in [0.717, 1.165) is 10.0 Å². The molecular weight excluding hydrogens is 344 g/mol. The molecule has 2 aromatic heterocycles. The number of benzene rings is 1. The Hall–Kier alpha value is -1.93. The van der Waals surface area contributed by atoms with Gasteiger partial charge in [-0.05, 0) is 22.6 Å². The van der Waals surface area contributed by atoms with Gasteiger partial charge in [0.1, 0.15) is 6.20 Å². The topological polar surface area (TPSA) is 72.5 Å². The SMILES string of the molecule is O=[N+]([O-])c1c(NCc2cccc(Br)c2)nc2sccn12. The number of imidazole rings is 1. The fraction of sp³-hybridized carbons (Fsp3) is 0.0833. The van der Waals surface area contributed by atoms with Crippen molar-refractivity contribution in [1.29, 1.82) is 0 Å². The number of nitrogens with zero attached hydrogens (tertiary/aromatic N) is 3. The molecule has 1 N–H and O–H groups in total. The summed E-state index contributed by atoms with van der Waals surface area (Å²) >= 11 is 4.76. The van der Waals surface area contributed by atoms with Gasteiger partial charge in [-0.2, -0.15) is 9.38 Å². The molecule has 0 saturated heterocycles. The minimum absolute atomic E-state index is 0.0313. The van der Waals surface area contributed by atoms with Gasteiger partial charge >= 0.3 is 5.82 Å². The number of halogens is 1. The molecule has 0 aliphatic heterocycles. The van der Waals surface area contributed by atoms with Crippen LogP contribution >= 0.6 is 27.3 Å². The molecule has 2 heterocycles. The summed E-state index contributed by atoms with van der Waals surface area (Å²) in [7, 11) is 0. The van der Waals surface area contributed by atoms with Crippen molar-refractivity contribution in [2.45, 2.75) is 6.54 Å². The number of nitro groups is 1. The molecule has 3 aromatic rings. The molecule has 0 aliphatic rings. The van der Waals surface area contributed by atoms with Gasteiger partial charge in [-0.3, -0.25) is 0 Å². The summed E-state index contributed by atoms with van der Waals surface area (Å²) in [5.41, 5.74) is 1.02. The summed E-state index contributed by atoms with van der Waals surface area (Å²) in [6.07, 6.45) is 1.65. The summed E-state index contributed by atoms with van der Waals surface area (Å²) in [6.45, 7) is 0.477. The molecule has 8 heteroatoms. The quantitative estimate of drug-likeness (QED) is 0.574. The fourth-order valence-electron chi connectivity index (χ4n) is 1.90. The van der Waals surface area contributed by atoms with E-state index in [1.807, 2.05) is 24.3 Å². The van der Waals surface area contributed by atoms with Crippen molar-refractivity contribution in [3.8, 4) is 0 Å². The fourth-order valence-corrected chi connectivity index (χ4v) is 3.06. The smallest absolute Gasteiger partial charge is 0.359 e. The average molecular weight is 353 g/mol. The molecule has 0 fully saturated rings. The van der Waals surface area contributed by atoms with Crippen LogP contribution in [0.25, 0.3) is 4.96 Å². The van der Waals surface area contributed by atoms with Gasteiger partial charge in [0.15, 0.2) is 0 Å². The van der Waals surface area contributed by atoms with Crippen molar-refractivity contribution in [3.05, 3.63) is 56.0 Å². The molecule has 102 valence electrons. The van der Waals surface area contributed by atoms with E-state index in [0.29, 0.717) is 17.3 Å². The minimum Gasteiger partial charge on any atom is -0.359 e. The number of aromatic nitrogens is 2. The minimum atomic E-state index is -0.421. The molecule has 0 saturated carbocycles. The van der Waals surface area contributed by atoms with Gasteiger partial charge in [0.05, 0.1) is 0 Å². The van der Waals surface area contributed by atoms with Crippen molar-refractivity contribution in [2.24, 2.45) is 0 Å². The zero-order valence-electron chi connectivity index (χ0n) is 10.1. The lowest BCUT2D eigenvalue weighted by atomic mass is 10.2.